The maximum absolute atomic E-state index is 10.1. The molecule has 0 saturated heterocycles. The zero-order chi connectivity index (χ0) is 6.41. The highest BCUT2D eigenvalue weighted by Crippen LogP contribution is 1.75. The van der Waals surface area contributed by atoms with E-state index >= 15 is 0 Å². The fourth-order valence-corrected chi connectivity index (χ4v) is 0.205. The van der Waals surface area contributed by atoms with Gasteiger partial charge in [-0.1, -0.05) is 6.58 Å². The summed E-state index contributed by atoms with van der Waals surface area (Å²) in [4.78, 5) is 10.1. The molecule has 54 valence electrons. The summed E-state index contributed by atoms with van der Waals surface area (Å²) >= 11 is 0. The molecule has 4 heteroatoms. The highest BCUT2D eigenvalue weighted by Gasteiger charge is 1.90. The average Bonchev–Trinajstić information content (AvgIpc) is 1.83. The topological polar surface area (TPSA) is 46.5 Å². The van der Waals surface area contributed by atoms with Gasteiger partial charge in [-0.3, -0.25) is 0 Å². The minimum Gasteiger partial charge on any atom is -0.460 e. The van der Waals surface area contributed by atoms with Gasteiger partial charge < -0.3 is 9.84 Å². The van der Waals surface area contributed by atoms with Crippen molar-refractivity contribution in [2.24, 2.45) is 0 Å². The van der Waals surface area contributed by atoms with Crippen molar-refractivity contribution < 1.29 is 14.6 Å². The van der Waals surface area contributed by atoms with Gasteiger partial charge in [0.2, 0.25) is 0 Å². The van der Waals surface area contributed by atoms with Crippen molar-refractivity contribution in [2.45, 2.75) is 0 Å². The van der Waals surface area contributed by atoms with Crippen LogP contribution < -0.4 is 0 Å². The Hall–Kier alpha value is -0.350. The standard InChI is InChI=1S/C5H8O3.BrH/c1-2-5(7)8-4-3-6;/h2,6H,1,3-4H2;1H. The Bertz CT molecular complexity index is 92.2. The van der Waals surface area contributed by atoms with Crippen LogP contribution in [0.25, 0.3) is 0 Å². The van der Waals surface area contributed by atoms with Crippen LogP contribution in [0.5, 0.6) is 0 Å². The molecule has 0 saturated carbocycles. The van der Waals surface area contributed by atoms with Crippen molar-refractivity contribution in [1.82, 2.24) is 0 Å². The van der Waals surface area contributed by atoms with E-state index < -0.39 is 5.97 Å². The molecule has 0 rings (SSSR count). The maximum atomic E-state index is 10.1. The van der Waals surface area contributed by atoms with Crippen molar-refractivity contribution in [3.8, 4) is 0 Å². The lowest BCUT2D eigenvalue weighted by Gasteiger charge is -1.94. The van der Waals surface area contributed by atoms with Gasteiger partial charge in [-0.15, -0.1) is 17.0 Å². The van der Waals surface area contributed by atoms with E-state index in [0.29, 0.717) is 0 Å². The molecule has 0 spiro atoms. The normalized spacial score (nSPS) is 7.22. The van der Waals surface area contributed by atoms with Crippen molar-refractivity contribution >= 4 is 23.0 Å². The van der Waals surface area contributed by atoms with E-state index in [1.165, 1.54) is 0 Å². The van der Waals surface area contributed by atoms with Gasteiger partial charge >= 0.3 is 5.97 Å². The number of esters is 1. The number of rotatable bonds is 3. The van der Waals surface area contributed by atoms with Crippen molar-refractivity contribution in [2.75, 3.05) is 13.2 Å². The highest BCUT2D eigenvalue weighted by atomic mass is 79.9. The SMILES string of the molecule is Br.C=CC(=O)OCCO. The van der Waals surface area contributed by atoms with Crippen LogP contribution >= 0.6 is 17.0 Å². The largest absolute Gasteiger partial charge is 0.460 e. The van der Waals surface area contributed by atoms with Crippen molar-refractivity contribution in [3.63, 3.8) is 0 Å². The first kappa shape index (κ1) is 11.4. The Balaban J connectivity index is 0. The zero-order valence-electron chi connectivity index (χ0n) is 4.87. The molecule has 3 nitrogen and oxygen atoms in total. The van der Waals surface area contributed by atoms with Crippen LogP contribution in [-0.2, 0) is 9.53 Å². The number of hydrogen-bond donors (Lipinski definition) is 1. The van der Waals surface area contributed by atoms with E-state index in [1.54, 1.807) is 0 Å². The van der Waals surface area contributed by atoms with Gasteiger partial charge in [0.05, 0.1) is 6.61 Å². The Labute approximate surface area is 64.1 Å². The summed E-state index contributed by atoms with van der Waals surface area (Å²) in [5.41, 5.74) is 0. The second kappa shape index (κ2) is 7.65. The molecule has 1 N–H and O–H groups in total. The van der Waals surface area contributed by atoms with Crippen LogP contribution in [-0.4, -0.2) is 24.3 Å². The number of carbonyl (C=O) groups excluding carboxylic acids is 1. The summed E-state index contributed by atoms with van der Waals surface area (Å²) in [6.45, 7) is 3.06. The monoisotopic (exact) mass is 196 g/mol. The number of hydrogen-bond acceptors (Lipinski definition) is 3. The Morgan fingerprint density at radius 1 is 1.78 bits per heavy atom. The first-order chi connectivity index (χ1) is 3.81. The summed E-state index contributed by atoms with van der Waals surface area (Å²) in [6, 6.07) is 0. The molecule has 9 heavy (non-hydrogen) atoms. The average molecular weight is 197 g/mol. The third-order valence-electron chi connectivity index (χ3n) is 0.502. The molecule has 0 aliphatic rings. The smallest absolute Gasteiger partial charge is 0.330 e. The van der Waals surface area contributed by atoms with E-state index in [1.807, 2.05) is 0 Å². The lowest BCUT2D eigenvalue weighted by atomic mass is 10.6. The van der Waals surface area contributed by atoms with Crippen LogP contribution in [0.3, 0.4) is 0 Å². The lowest BCUT2D eigenvalue weighted by molar-refractivity contribution is -0.138. The first-order valence-corrected chi connectivity index (χ1v) is 2.21. The predicted octanol–water partition coefficient (Wildman–Crippen LogP) is 0.286. The third kappa shape index (κ3) is 7.65. The van der Waals surface area contributed by atoms with Crippen LogP contribution in [0.4, 0.5) is 0 Å². The van der Waals surface area contributed by atoms with E-state index in [0.717, 1.165) is 6.08 Å². The van der Waals surface area contributed by atoms with Gasteiger partial charge in [0.15, 0.2) is 0 Å². The molecule has 0 aromatic carbocycles. The molecule has 0 bridgehead atoms. The minimum absolute atomic E-state index is 0. The number of aliphatic hydroxyl groups excluding tert-OH is 1. The van der Waals surface area contributed by atoms with E-state index in [4.69, 9.17) is 5.11 Å². The van der Waals surface area contributed by atoms with Crippen LogP contribution in [0.15, 0.2) is 12.7 Å². The van der Waals surface area contributed by atoms with Gasteiger partial charge in [-0.2, -0.15) is 0 Å². The molecule has 0 amide bonds. The summed E-state index contributed by atoms with van der Waals surface area (Å²) in [5.74, 6) is -0.501. The van der Waals surface area contributed by atoms with Crippen LogP contribution in [0, 0.1) is 0 Å². The van der Waals surface area contributed by atoms with Crippen molar-refractivity contribution in [3.05, 3.63) is 12.7 Å². The van der Waals surface area contributed by atoms with E-state index in [9.17, 15) is 4.79 Å². The number of carbonyl (C=O) groups is 1. The highest BCUT2D eigenvalue weighted by molar-refractivity contribution is 8.93. The molecule has 0 radical (unpaired) electrons. The predicted molar refractivity (Wildman–Crippen MR) is 38.6 cm³/mol. The number of halogens is 1. The fourth-order valence-electron chi connectivity index (χ4n) is 0.205. The quantitative estimate of drug-likeness (QED) is 0.522. The van der Waals surface area contributed by atoms with Gasteiger partial charge in [-0.05, 0) is 0 Å². The molecule has 0 fully saturated rings. The van der Waals surface area contributed by atoms with Gasteiger partial charge in [0.1, 0.15) is 6.61 Å². The summed E-state index contributed by atoms with van der Waals surface area (Å²) < 4.78 is 4.33. The Morgan fingerprint density at radius 2 is 2.33 bits per heavy atom. The molecule has 0 aliphatic heterocycles. The van der Waals surface area contributed by atoms with Crippen LogP contribution in [0.1, 0.15) is 0 Å². The van der Waals surface area contributed by atoms with Gasteiger partial charge in [0, 0.05) is 6.08 Å². The molecule has 0 aliphatic carbocycles. The molecule has 0 aromatic rings. The lowest BCUT2D eigenvalue weighted by Crippen LogP contribution is -2.04. The summed E-state index contributed by atoms with van der Waals surface area (Å²) in [5, 5.41) is 8.10. The zero-order valence-corrected chi connectivity index (χ0v) is 6.58. The van der Waals surface area contributed by atoms with E-state index in [2.05, 4.69) is 11.3 Å². The summed E-state index contributed by atoms with van der Waals surface area (Å²) in [6.07, 6.45) is 1.05. The third-order valence-corrected chi connectivity index (χ3v) is 0.502. The Kier molecular flexibility index (Phi) is 9.73. The maximum Gasteiger partial charge on any atom is 0.330 e. The minimum atomic E-state index is -0.501. The molecule has 0 unspecified atom stereocenters. The van der Waals surface area contributed by atoms with Gasteiger partial charge in [-0.25, -0.2) is 4.79 Å². The second-order valence-electron chi connectivity index (χ2n) is 1.10. The number of aliphatic hydroxyl groups is 1. The van der Waals surface area contributed by atoms with Crippen LogP contribution in [0.2, 0.25) is 0 Å². The fraction of sp³-hybridized carbons (Fsp3) is 0.400. The second-order valence-corrected chi connectivity index (χ2v) is 1.10. The number of ether oxygens (including phenoxy) is 1. The molecule has 0 aromatic heterocycles. The Morgan fingerprint density at radius 3 is 2.67 bits per heavy atom. The van der Waals surface area contributed by atoms with E-state index in [-0.39, 0.29) is 30.2 Å². The summed E-state index contributed by atoms with van der Waals surface area (Å²) in [7, 11) is 0. The molecule has 0 heterocycles. The first-order valence-electron chi connectivity index (χ1n) is 2.21. The molecular formula is C5H9BrO3. The van der Waals surface area contributed by atoms with Crippen molar-refractivity contribution in [1.29, 1.82) is 0 Å². The molecular weight excluding hydrogens is 188 g/mol. The van der Waals surface area contributed by atoms with Gasteiger partial charge in [0.25, 0.3) is 0 Å². The molecule has 0 atom stereocenters.